The molecule has 9 heteroatoms. The highest BCUT2D eigenvalue weighted by atomic mass is 32.2. The van der Waals surface area contributed by atoms with Gasteiger partial charge in [-0.2, -0.15) is 0 Å². The average Bonchev–Trinajstić information content (AvgIpc) is 3.08. The SMILES string of the molecule is CC(C)OC(=O)c1ccc(N2C(=O)C(Nc3ccc(C(=O)[O-])cc3)=C(Sc3ccccc3)C2=O)cc1. The first-order valence-electron chi connectivity index (χ1n) is 11.0. The maximum atomic E-state index is 13.4. The first-order valence-corrected chi connectivity index (χ1v) is 11.8. The van der Waals surface area contributed by atoms with Crippen molar-refractivity contribution in [3.8, 4) is 0 Å². The van der Waals surface area contributed by atoms with Crippen LogP contribution in [-0.2, 0) is 14.3 Å². The van der Waals surface area contributed by atoms with Gasteiger partial charge in [-0.15, -0.1) is 0 Å². The van der Waals surface area contributed by atoms with Crippen LogP contribution in [0.1, 0.15) is 34.6 Å². The normalized spacial score (nSPS) is 13.4. The Kier molecular flexibility index (Phi) is 7.21. The highest BCUT2D eigenvalue weighted by Crippen LogP contribution is 2.37. The highest BCUT2D eigenvalue weighted by Gasteiger charge is 2.40. The van der Waals surface area contributed by atoms with Crippen LogP contribution in [0.15, 0.2) is 94.4 Å². The maximum Gasteiger partial charge on any atom is 0.338 e. The van der Waals surface area contributed by atoms with Crippen molar-refractivity contribution in [2.45, 2.75) is 24.8 Å². The Bertz CT molecular complexity index is 1350. The predicted octanol–water partition coefficient (Wildman–Crippen LogP) is 3.60. The second-order valence-corrected chi connectivity index (χ2v) is 9.14. The molecule has 0 spiro atoms. The summed E-state index contributed by atoms with van der Waals surface area (Å²) < 4.78 is 5.19. The first-order chi connectivity index (χ1) is 17.2. The molecule has 3 aromatic rings. The largest absolute Gasteiger partial charge is 0.545 e. The van der Waals surface area contributed by atoms with E-state index in [0.29, 0.717) is 16.9 Å². The zero-order valence-corrected chi connectivity index (χ0v) is 20.2. The van der Waals surface area contributed by atoms with Crippen LogP contribution >= 0.6 is 11.8 Å². The van der Waals surface area contributed by atoms with Crippen molar-refractivity contribution < 1.29 is 29.0 Å². The number of benzene rings is 3. The Morgan fingerprint density at radius 2 is 1.47 bits per heavy atom. The Morgan fingerprint density at radius 3 is 2.06 bits per heavy atom. The van der Waals surface area contributed by atoms with Crippen molar-refractivity contribution in [2.24, 2.45) is 0 Å². The summed E-state index contributed by atoms with van der Waals surface area (Å²) >= 11 is 1.14. The fourth-order valence-electron chi connectivity index (χ4n) is 3.42. The van der Waals surface area contributed by atoms with E-state index >= 15 is 0 Å². The number of ether oxygens (including phenoxy) is 1. The molecule has 1 N–H and O–H groups in total. The summed E-state index contributed by atoms with van der Waals surface area (Å²) in [4.78, 5) is 52.0. The molecule has 0 radical (unpaired) electrons. The summed E-state index contributed by atoms with van der Waals surface area (Å²) in [7, 11) is 0. The van der Waals surface area contributed by atoms with E-state index in [4.69, 9.17) is 4.74 Å². The van der Waals surface area contributed by atoms with Gasteiger partial charge in [-0.05, 0) is 67.9 Å². The summed E-state index contributed by atoms with van der Waals surface area (Å²) in [5, 5.41) is 14.0. The Morgan fingerprint density at radius 1 is 0.861 bits per heavy atom. The van der Waals surface area contributed by atoms with Crippen LogP contribution in [0.2, 0.25) is 0 Å². The molecule has 0 saturated heterocycles. The van der Waals surface area contributed by atoms with Gasteiger partial charge < -0.3 is 20.0 Å². The Hall–Kier alpha value is -4.37. The molecule has 0 bridgehead atoms. The minimum atomic E-state index is -1.32. The zero-order chi connectivity index (χ0) is 25.8. The predicted molar refractivity (Wildman–Crippen MR) is 133 cm³/mol. The fourth-order valence-corrected chi connectivity index (χ4v) is 4.37. The molecule has 0 unspecified atom stereocenters. The van der Waals surface area contributed by atoms with Gasteiger partial charge >= 0.3 is 5.97 Å². The van der Waals surface area contributed by atoms with Crippen LogP contribution in [0.3, 0.4) is 0 Å². The van der Waals surface area contributed by atoms with Crippen LogP contribution < -0.4 is 15.3 Å². The number of amides is 2. The quantitative estimate of drug-likeness (QED) is 0.368. The van der Waals surface area contributed by atoms with E-state index < -0.39 is 23.8 Å². The molecule has 1 aliphatic rings. The third-order valence-electron chi connectivity index (χ3n) is 5.10. The van der Waals surface area contributed by atoms with E-state index in [1.54, 1.807) is 13.8 Å². The standard InChI is InChI=1S/C27H22N2O6S/c1-16(2)35-27(34)18-10-14-20(15-11-18)29-24(30)22(28-19-12-8-17(9-13-19)26(32)33)23(25(29)31)36-21-6-4-3-5-7-21/h3-16,28H,1-2H3,(H,32,33)/p-1. The number of carboxylic acid groups (broad SMARTS) is 1. The number of aromatic carboxylic acids is 1. The molecule has 0 aliphatic carbocycles. The molecule has 0 fully saturated rings. The molecule has 0 aromatic heterocycles. The highest BCUT2D eigenvalue weighted by molar-refractivity contribution is 8.04. The first kappa shape index (κ1) is 24.7. The number of hydrogen-bond donors (Lipinski definition) is 1. The number of esters is 1. The van der Waals surface area contributed by atoms with E-state index in [1.807, 2.05) is 30.3 Å². The van der Waals surface area contributed by atoms with Crippen LogP contribution in [0, 0.1) is 0 Å². The van der Waals surface area contributed by atoms with Gasteiger partial charge in [0.15, 0.2) is 0 Å². The fraction of sp³-hybridized carbons (Fsp3) is 0.111. The summed E-state index contributed by atoms with van der Waals surface area (Å²) in [5.74, 6) is -2.93. The van der Waals surface area contributed by atoms with Crippen LogP contribution in [0.25, 0.3) is 0 Å². The molecule has 2 amide bonds. The molecule has 4 rings (SSSR count). The molecule has 8 nitrogen and oxygen atoms in total. The van der Waals surface area contributed by atoms with Crippen molar-refractivity contribution >= 4 is 46.9 Å². The van der Waals surface area contributed by atoms with Gasteiger partial charge in [-0.3, -0.25) is 9.59 Å². The van der Waals surface area contributed by atoms with E-state index in [9.17, 15) is 24.3 Å². The summed E-state index contributed by atoms with van der Waals surface area (Å²) in [6.07, 6.45) is -0.282. The monoisotopic (exact) mass is 501 g/mol. The van der Waals surface area contributed by atoms with Crippen LogP contribution in [0.5, 0.6) is 0 Å². The molecule has 1 heterocycles. The van der Waals surface area contributed by atoms with Crippen molar-refractivity contribution in [1.29, 1.82) is 0 Å². The molecule has 1 aliphatic heterocycles. The third kappa shape index (κ3) is 5.31. The summed E-state index contributed by atoms with van der Waals surface area (Å²) in [6, 6.07) is 20.8. The Labute approximate surface area is 211 Å². The number of carboxylic acids is 1. The molecule has 0 atom stereocenters. The number of imide groups is 1. The van der Waals surface area contributed by atoms with E-state index in [-0.39, 0.29) is 22.3 Å². The molecular formula is C27H21N2O6S-. The molecule has 36 heavy (non-hydrogen) atoms. The zero-order valence-electron chi connectivity index (χ0n) is 19.4. The van der Waals surface area contributed by atoms with Crippen LogP contribution in [0.4, 0.5) is 11.4 Å². The van der Waals surface area contributed by atoms with Gasteiger partial charge in [-0.25, -0.2) is 9.69 Å². The lowest BCUT2D eigenvalue weighted by Crippen LogP contribution is -2.32. The van der Waals surface area contributed by atoms with Gasteiger partial charge in [0.2, 0.25) is 0 Å². The molecule has 182 valence electrons. The number of rotatable bonds is 8. The number of anilines is 2. The number of carbonyl (C=O) groups excluding carboxylic acids is 4. The molecular weight excluding hydrogens is 480 g/mol. The molecule has 0 saturated carbocycles. The van der Waals surface area contributed by atoms with Crippen molar-refractivity contribution in [3.05, 3.63) is 101 Å². The maximum absolute atomic E-state index is 13.4. The van der Waals surface area contributed by atoms with Crippen LogP contribution in [-0.4, -0.2) is 29.9 Å². The number of hydrogen-bond acceptors (Lipinski definition) is 8. The number of thioether (sulfide) groups is 1. The number of carbonyl (C=O) groups is 4. The lowest BCUT2D eigenvalue weighted by molar-refractivity contribution is -0.255. The third-order valence-corrected chi connectivity index (χ3v) is 6.19. The Balaban J connectivity index is 1.66. The van der Waals surface area contributed by atoms with Crippen molar-refractivity contribution in [2.75, 3.05) is 10.2 Å². The smallest absolute Gasteiger partial charge is 0.338 e. The van der Waals surface area contributed by atoms with Gasteiger partial charge in [0.05, 0.1) is 23.3 Å². The lowest BCUT2D eigenvalue weighted by Gasteiger charge is -2.16. The number of nitrogens with zero attached hydrogens (tertiary/aromatic N) is 1. The second-order valence-electron chi connectivity index (χ2n) is 8.06. The summed E-state index contributed by atoms with van der Waals surface area (Å²) in [5.41, 5.74) is 1.06. The average molecular weight is 502 g/mol. The number of nitrogens with one attached hydrogen (secondary N) is 1. The van der Waals surface area contributed by atoms with Crippen molar-refractivity contribution in [3.63, 3.8) is 0 Å². The van der Waals surface area contributed by atoms with Gasteiger partial charge in [0, 0.05) is 10.6 Å². The minimum absolute atomic E-state index is 0.0139. The van der Waals surface area contributed by atoms with Gasteiger partial charge in [0.25, 0.3) is 11.8 Å². The van der Waals surface area contributed by atoms with Crippen molar-refractivity contribution in [1.82, 2.24) is 0 Å². The topological polar surface area (TPSA) is 116 Å². The molecule has 3 aromatic carbocycles. The second kappa shape index (κ2) is 10.5. The van der Waals surface area contributed by atoms with Gasteiger partial charge in [-0.1, -0.05) is 42.1 Å². The van der Waals surface area contributed by atoms with E-state index in [2.05, 4.69) is 5.32 Å². The summed E-state index contributed by atoms with van der Waals surface area (Å²) in [6.45, 7) is 3.48. The van der Waals surface area contributed by atoms with E-state index in [0.717, 1.165) is 21.6 Å². The minimum Gasteiger partial charge on any atom is -0.545 e. The van der Waals surface area contributed by atoms with Gasteiger partial charge in [0.1, 0.15) is 10.6 Å². The van der Waals surface area contributed by atoms with E-state index in [1.165, 1.54) is 48.5 Å². The lowest BCUT2D eigenvalue weighted by atomic mass is 10.2.